The average Bonchev–Trinajstić information content (AvgIpc) is 2.60. The van der Waals surface area contributed by atoms with E-state index in [9.17, 15) is 4.39 Å². The van der Waals surface area contributed by atoms with E-state index in [0.29, 0.717) is 26.2 Å². The molecule has 1 aromatic carbocycles. The number of nitrogen functional groups attached to an aromatic ring is 1. The maximum absolute atomic E-state index is 13.1. The first-order valence-corrected chi connectivity index (χ1v) is 5.89. The number of anilines is 1. The Balaban J connectivity index is 2.31. The Labute approximate surface area is 104 Å². The second-order valence-corrected chi connectivity index (χ2v) is 4.84. The Kier molecular flexibility index (Phi) is 3.15. The molecule has 0 unspecified atom stereocenters. The minimum atomic E-state index is -0.399. The van der Waals surface area contributed by atoms with Crippen LogP contribution >= 0.6 is 27.7 Å². The Morgan fingerprint density at radius 3 is 2.81 bits per heavy atom. The number of aryl methyl sites for hydroxylation is 1. The van der Waals surface area contributed by atoms with Gasteiger partial charge in [0, 0.05) is 17.5 Å². The molecule has 16 heavy (non-hydrogen) atoms. The van der Waals surface area contributed by atoms with Gasteiger partial charge in [-0.15, -0.1) is 10.2 Å². The molecule has 0 saturated heterocycles. The van der Waals surface area contributed by atoms with Gasteiger partial charge in [-0.25, -0.2) is 4.39 Å². The summed E-state index contributed by atoms with van der Waals surface area (Å²) >= 11 is 4.28. The highest BCUT2D eigenvalue weighted by molar-refractivity contribution is 9.10. The number of rotatable bonds is 2. The third-order valence-corrected chi connectivity index (χ3v) is 3.28. The molecule has 1 aromatic heterocycles. The number of nitrogens with zero attached hydrogens (tertiary/aromatic N) is 2. The fraction of sp³-hybridized carbons (Fsp3) is 0.111. The minimum absolute atomic E-state index is 0.335. The zero-order valence-corrected chi connectivity index (χ0v) is 10.6. The van der Waals surface area contributed by atoms with Crippen LogP contribution in [0, 0.1) is 12.7 Å². The van der Waals surface area contributed by atoms with Crippen LogP contribution in [0.1, 0.15) is 5.89 Å². The third-order valence-electron chi connectivity index (χ3n) is 1.76. The van der Waals surface area contributed by atoms with Gasteiger partial charge in [-0.3, -0.25) is 0 Å². The summed E-state index contributed by atoms with van der Waals surface area (Å²) in [7, 11) is 0. The molecule has 84 valence electrons. The summed E-state index contributed by atoms with van der Waals surface area (Å²) in [5.74, 6) is 0.0748. The quantitative estimate of drug-likeness (QED) is 0.864. The average molecular weight is 304 g/mol. The van der Waals surface area contributed by atoms with Crippen LogP contribution in [0.25, 0.3) is 0 Å². The summed E-state index contributed by atoms with van der Waals surface area (Å²) in [5, 5.41) is 7.88. The van der Waals surface area contributed by atoms with Crippen molar-refractivity contribution in [2.24, 2.45) is 0 Å². The molecule has 0 atom stereocenters. The van der Waals surface area contributed by atoms with Gasteiger partial charge in [0.2, 0.25) is 5.89 Å². The van der Waals surface area contributed by atoms with E-state index in [1.165, 1.54) is 17.8 Å². The van der Waals surface area contributed by atoms with Crippen LogP contribution in [0.5, 0.6) is 0 Å². The monoisotopic (exact) mass is 303 g/mol. The first-order valence-electron chi connectivity index (χ1n) is 4.29. The van der Waals surface area contributed by atoms with Crippen LogP contribution < -0.4 is 5.73 Å². The van der Waals surface area contributed by atoms with Crippen molar-refractivity contribution in [3.8, 4) is 0 Å². The number of nitrogens with two attached hydrogens (primary N) is 1. The van der Waals surface area contributed by atoms with E-state index in [1.54, 1.807) is 13.0 Å². The molecular weight excluding hydrogens is 297 g/mol. The van der Waals surface area contributed by atoms with Crippen molar-refractivity contribution in [1.82, 2.24) is 10.2 Å². The van der Waals surface area contributed by atoms with E-state index in [4.69, 9.17) is 10.2 Å². The molecule has 0 fully saturated rings. The largest absolute Gasteiger partial charge is 0.416 e. The Bertz CT molecular complexity index is 531. The third kappa shape index (κ3) is 2.35. The number of halogens is 2. The number of hydrogen-bond donors (Lipinski definition) is 1. The van der Waals surface area contributed by atoms with Crippen LogP contribution in [0.2, 0.25) is 0 Å². The van der Waals surface area contributed by atoms with Crippen LogP contribution in [0.15, 0.2) is 31.1 Å². The molecular formula is C9H7BrFN3OS. The maximum Gasteiger partial charge on any atom is 0.281 e. The molecule has 0 amide bonds. The van der Waals surface area contributed by atoms with E-state index in [1.807, 2.05) is 0 Å². The second kappa shape index (κ2) is 4.42. The molecule has 1 heterocycles. The Morgan fingerprint density at radius 1 is 1.44 bits per heavy atom. The first-order chi connectivity index (χ1) is 7.56. The summed E-state index contributed by atoms with van der Waals surface area (Å²) in [6.07, 6.45) is 0. The van der Waals surface area contributed by atoms with E-state index in [0.717, 1.165) is 0 Å². The van der Waals surface area contributed by atoms with Gasteiger partial charge in [0.1, 0.15) is 5.82 Å². The predicted octanol–water partition coefficient (Wildman–Crippen LogP) is 3.01. The summed E-state index contributed by atoms with van der Waals surface area (Å²) in [4.78, 5) is 0.664. The smallest absolute Gasteiger partial charge is 0.281 e. The van der Waals surface area contributed by atoms with Gasteiger partial charge >= 0.3 is 0 Å². The van der Waals surface area contributed by atoms with Gasteiger partial charge in [-0.1, -0.05) is 0 Å². The highest BCUT2D eigenvalue weighted by atomic mass is 79.9. The fourth-order valence-corrected chi connectivity index (χ4v) is 2.33. The summed E-state index contributed by atoms with van der Waals surface area (Å²) < 4.78 is 18.7. The molecule has 2 N–H and O–H groups in total. The van der Waals surface area contributed by atoms with Gasteiger partial charge in [-0.2, -0.15) is 0 Å². The Morgan fingerprint density at radius 2 is 2.19 bits per heavy atom. The number of benzene rings is 1. The van der Waals surface area contributed by atoms with Crippen LogP contribution in [0.4, 0.5) is 10.1 Å². The van der Waals surface area contributed by atoms with Crippen molar-refractivity contribution in [2.45, 2.75) is 17.0 Å². The predicted molar refractivity (Wildman–Crippen MR) is 61.7 cm³/mol. The molecule has 0 radical (unpaired) electrons. The van der Waals surface area contributed by atoms with Gasteiger partial charge in [0.05, 0.1) is 4.47 Å². The van der Waals surface area contributed by atoms with Crippen LogP contribution in [0.3, 0.4) is 0 Å². The summed E-state index contributed by atoms with van der Waals surface area (Å²) in [5.41, 5.74) is 6.01. The van der Waals surface area contributed by atoms with Crippen molar-refractivity contribution in [3.63, 3.8) is 0 Å². The molecule has 0 aliphatic rings. The van der Waals surface area contributed by atoms with E-state index in [-0.39, 0.29) is 0 Å². The highest BCUT2D eigenvalue weighted by Gasteiger charge is 2.11. The van der Waals surface area contributed by atoms with Crippen molar-refractivity contribution in [1.29, 1.82) is 0 Å². The second-order valence-electron chi connectivity index (χ2n) is 2.99. The van der Waals surface area contributed by atoms with E-state index in [2.05, 4.69) is 26.1 Å². The standard InChI is InChI=1S/C9H7BrFN3OS/c1-4-13-14-9(15-4)16-8-2-5(10)6(11)3-7(8)12/h2-3H,12H2,1H3. The highest BCUT2D eigenvalue weighted by Crippen LogP contribution is 2.34. The molecule has 0 saturated carbocycles. The van der Waals surface area contributed by atoms with Crippen LogP contribution in [-0.2, 0) is 0 Å². The Hall–Kier alpha value is -1.08. The number of aromatic nitrogens is 2. The van der Waals surface area contributed by atoms with E-state index >= 15 is 0 Å². The van der Waals surface area contributed by atoms with Crippen molar-refractivity contribution >= 4 is 33.4 Å². The zero-order valence-electron chi connectivity index (χ0n) is 8.20. The lowest BCUT2D eigenvalue weighted by Crippen LogP contribution is -1.91. The van der Waals surface area contributed by atoms with Crippen molar-refractivity contribution in [2.75, 3.05) is 5.73 Å². The van der Waals surface area contributed by atoms with Crippen molar-refractivity contribution in [3.05, 3.63) is 28.3 Å². The molecule has 0 spiro atoms. The summed E-state index contributed by atoms with van der Waals surface area (Å²) in [6.45, 7) is 1.70. The lowest BCUT2D eigenvalue weighted by atomic mass is 10.3. The fourth-order valence-electron chi connectivity index (χ4n) is 1.05. The first kappa shape index (κ1) is 11.4. The maximum atomic E-state index is 13.1. The summed E-state index contributed by atoms with van der Waals surface area (Å²) in [6, 6.07) is 2.82. The van der Waals surface area contributed by atoms with Gasteiger partial charge in [0.25, 0.3) is 5.22 Å². The van der Waals surface area contributed by atoms with Crippen molar-refractivity contribution < 1.29 is 8.81 Å². The SMILES string of the molecule is Cc1nnc(Sc2cc(Br)c(F)cc2N)o1. The normalized spacial score (nSPS) is 10.7. The molecule has 2 aromatic rings. The molecule has 0 aliphatic carbocycles. The minimum Gasteiger partial charge on any atom is -0.416 e. The topological polar surface area (TPSA) is 64.9 Å². The molecule has 0 aliphatic heterocycles. The van der Waals surface area contributed by atoms with E-state index < -0.39 is 5.82 Å². The van der Waals surface area contributed by atoms with Gasteiger partial charge in [-0.05, 0) is 39.8 Å². The number of hydrogen-bond acceptors (Lipinski definition) is 5. The zero-order chi connectivity index (χ0) is 11.7. The molecule has 2 rings (SSSR count). The lowest BCUT2D eigenvalue weighted by Gasteiger charge is -2.03. The van der Waals surface area contributed by atoms with Gasteiger partial charge in [0.15, 0.2) is 0 Å². The molecule has 4 nitrogen and oxygen atoms in total. The lowest BCUT2D eigenvalue weighted by molar-refractivity contribution is 0.429. The van der Waals surface area contributed by atoms with Crippen LogP contribution in [-0.4, -0.2) is 10.2 Å². The molecule has 7 heteroatoms. The van der Waals surface area contributed by atoms with Gasteiger partial charge < -0.3 is 10.2 Å². The molecule has 0 bridgehead atoms.